The van der Waals surface area contributed by atoms with E-state index in [2.05, 4.69) is 57.2 Å². The zero-order valence-corrected chi connectivity index (χ0v) is 17.4. The Labute approximate surface area is 174 Å². The molecular formula is C21H24N6OS. The number of piperazine rings is 1. The third-order valence-electron chi connectivity index (χ3n) is 5.01. The molecule has 0 radical (unpaired) electrons. The average molecular weight is 409 g/mol. The van der Waals surface area contributed by atoms with E-state index >= 15 is 0 Å². The Bertz CT molecular complexity index is 982. The van der Waals surface area contributed by atoms with Crippen molar-refractivity contribution >= 4 is 34.0 Å². The van der Waals surface area contributed by atoms with Crippen LogP contribution in [0.5, 0.6) is 0 Å². The molecule has 1 N–H and O–H groups in total. The van der Waals surface area contributed by atoms with Gasteiger partial charge in [-0.2, -0.15) is 0 Å². The van der Waals surface area contributed by atoms with Crippen molar-refractivity contribution in [2.75, 3.05) is 36.4 Å². The number of nitrogens with zero attached hydrogens (tertiary/aromatic N) is 5. The summed E-state index contributed by atoms with van der Waals surface area (Å²) in [6, 6.07) is 8.29. The first-order valence-corrected chi connectivity index (χ1v) is 10.5. The Morgan fingerprint density at radius 2 is 1.90 bits per heavy atom. The molecule has 0 bridgehead atoms. The maximum absolute atomic E-state index is 12.7. The largest absolute Gasteiger partial charge is 0.368 e. The molecule has 3 aromatic rings. The molecule has 4 rings (SSSR count). The molecule has 1 saturated heterocycles. The second-order valence-corrected chi connectivity index (χ2v) is 8.03. The lowest BCUT2D eigenvalue weighted by atomic mass is 10.1. The van der Waals surface area contributed by atoms with Crippen molar-refractivity contribution in [3.8, 4) is 0 Å². The molecule has 150 valence electrons. The highest BCUT2D eigenvalue weighted by atomic mass is 32.1. The van der Waals surface area contributed by atoms with E-state index in [-0.39, 0.29) is 5.91 Å². The summed E-state index contributed by atoms with van der Waals surface area (Å²) in [4.78, 5) is 29.8. The summed E-state index contributed by atoms with van der Waals surface area (Å²) in [6.07, 6.45) is 3.66. The molecular weight excluding hydrogens is 384 g/mol. The minimum Gasteiger partial charge on any atom is -0.368 e. The summed E-state index contributed by atoms with van der Waals surface area (Å²) >= 11 is 1.45. The first-order chi connectivity index (χ1) is 14.1. The van der Waals surface area contributed by atoms with Crippen molar-refractivity contribution < 1.29 is 4.79 Å². The lowest BCUT2D eigenvalue weighted by Gasteiger charge is -2.37. The molecule has 3 heterocycles. The molecule has 0 aliphatic carbocycles. The van der Waals surface area contributed by atoms with Crippen LogP contribution in [0.2, 0.25) is 0 Å². The molecule has 0 saturated carbocycles. The topological polar surface area (TPSA) is 74.2 Å². The first kappa shape index (κ1) is 19.3. The number of rotatable bonds is 5. The molecule has 1 aromatic carbocycles. The van der Waals surface area contributed by atoms with E-state index in [0.717, 1.165) is 31.9 Å². The molecule has 0 unspecified atom stereocenters. The first-order valence-electron chi connectivity index (χ1n) is 9.67. The fourth-order valence-corrected chi connectivity index (χ4v) is 4.13. The van der Waals surface area contributed by atoms with Crippen molar-refractivity contribution in [2.45, 2.75) is 20.3 Å². The normalized spacial score (nSPS) is 14.1. The number of aryl methyl sites for hydroxylation is 2. The second kappa shape index (κ2) is 8.57. The van der Waals surface area contributed by atoms with Gasteiger partial charge in [0.15, 0.2) is 5.13 Å². The summed E-state index contributed by atoms with van der Waals surface area (Å²) < 4.78 is 0. The Morgan fingerprint density at radius 3 is 2.66 bits per heavy atom. The monoisotopic (exact) mass is 408 g/mol. The molecule has 8 heteroatoms. The van der Waals surface area contributed by atoms with Crippen LogP contribution in [0, 0.1) is 13.8 Å². The average Bonchev–Trinajstić information content (AvgIpc) is 3.17. The van der Waals surface area contributed by atoms with E-state index < -0.39 is 0 Å². The van der Waals surface area contributed by atoms with Gasteiger partial charge in [-0.05, 0) is 37.1 Å². The summed E-state index contributed by atoms with van der Waals surface area (Å²) in [7, 11) is 0. The van der Waals surface area contributed by atoms with Gasteiger partial charge in [0.05, 0.1) is 12.1 Å². The molecule has 1 fully saturated rings. The Balaban J connectivity index is 1.32. The molecule has 0 atom stereocenters. The number of carbonyl (C=O) groups is 1. The molecule has 29 heavy (non-hydrogen) atoms. The number of aromatic nitrogens is 3. The third kappa shape index (κ3) is 4.71. The number of benzene rings is 1. The van der Waals surface area contributed by atoms with Crippen LogP contribution < -0.4 is 10.2 Å². The second-order valence-electron chi connectivity index (χ2n) is 7.18. The summed E-state index contributed by atoms with van der Waals surface area (Å²) in [6.45, 7) is 7.43. The molecule has 1 aliphatic rings. The number of amides is 1. The minimum absolute atomic E-state index is 0.124. The standard InChI is InChI=1S/C21H24N6OS/c1-15-4-5-16(2)18(12-15)26-8-10-27(11-9-26)19(28)13-17-14-29-21(24-17)25-20-22-6-3-7-23-20/h3-7,12,14H,8-11,13H2,1-2H3,(H,22,23,24,25). The van der Waals surface area contributed by atoms with Gasteiger partial charge in [0.2, 0.25) is 11.9 Å². The number of hydrogen-bond donors (Lipinski definition) is 1. The highest BCUT2D eigenvalue weighted by molar-refractivity contribution is 7.13. The van der Waals surface area contributed by atoms with Gasteiger partial charge in [0.1, 0.15) is 0 Å². The predicted octanol–water partition coefficient (Wildman–Crippen LogP) is 3.18. The van der Waals surface area contributed by atoms with E-state index in [1.54, 1.807) is 18.5 Å². The number of hydrogen-bond acceptors (Lipinski definition) is 7. The zero-order chi connectivity index (χ0) is 20.2. The zero-order valence-electron chi connectivity index (χ0n) is 16.6. The van der Waals surface area contributed by atoms with E-state index in [1.807, 2.05) is 10.3 Å². The SMILES string of the molecule is Cc1ccc(C)c(N2CCN(C(=O)Cc3csc(Nc4ncccn4)n3)CC2)c1. The summed E-state index contributed by atoms with van der Waals surface area (Å²) in [5, 5.41) is 5.67. The number of carbonyl (C=O) groups excluding carboxylic acids is 1. The van der Waals surface area contributed by atoms with Crippen LogP contribution in [-0.4, -0.2) is 51.9 Å². The predicted molar refractivity (Wildman–Crippen MR) is 116 cm³/mol. The van der Waals surface area contributed by atoms with Crippen LogP contribution in [-0.2, 0) is 11.2 Å². The van der Waals surface area contributed by atoms with Gasteiger partial charge in [-0.3, -0.25) is 4.79 Å². The van der Waals surface area contributed by atoms with Gasteiger partial charge < -0.3 is 15.1 Å². The smallest absolute Gasteiger partial charge is 0.228 e. The van der Waals surface area contributed by atoms with Gasteiger partial charge in [-0.15, -0.1) is 11.3 Å². The van der Waals surface area contributed by atoms with Crippen molar-refractivity contribution in [2.24, 2.45) is 0 Å². The Morgan fingerprint density at radius 1 is 1.14 bits per heavy atom. The number of thiazole rings is 1. The fraction of sp³-hybridized carbons (Fsp3) is 0.333. The molecule has 7 nitrogen and oxygen atoms in total. The molecule has 1 amide bonds. The fourth-order valence-electron chi connectivity index (χ4n) is 3.43. The number of anilines is 3. The van der Waals surface area contributed by atoms with Crippen molar-refractivity contribution in [1.82, 2.24) is 19.9 Å². The quantitative estimate of drug-likeness (QED) is 0.699. The van der Waals surface area contributed by atoms with Gasteiger partial charge in [-0.25, -0.2) is 15.0 Å². The Hall–Kier alpha value is -3.00. The molecule has 1 aliphatic heterocycles. The third-order valence-corrected chi connectivity index (χ3v) is 5.81. The summed E-state index contributed by atoms with van der Waals surface area (Å²) in [5.74, 6) is 0.626. The van der Waals surface area contributed by atoms with E-state index in [0.29, 0.717) is 17.5 Å². The van der Waals surface area contributed by atoms with E-state index in [9.17, 15) is 4.79 Å². The van der Waals surface area contributed by atoms with Crippen LogP contribution in [0.25, 0.3) is 0 Å². The van der Waals surface area contributed by atoms with E-state index in [1.165, 1.54) is 28.2 Å². The van der Waals surface area contributed by atoms with Crippen molar-refractivity contribution in [1.29, 1.82) is 0 Å². The highest BCUT2D eigenvalue weighted by Crippen LogP contribution is 2.23. The Kier molecular flexibility index (Phi) is 5.71. The van der Waals surface area contributed by atoms with Crippen molar-refractivity contribution in [3.63, 3.8) is 0 Å². The summed E-state index contributed by atoms with van der Waals surface area (Å²) in [5.41, 5.74) is 4.59. The van der Waals surface area contributed by atoms with Crippen LogP contribution in [0.15, 0.2) is 42.0 Å². The van der Waals surface area contributed by atoms with Gasteiger partial charge in [0, 0.05) is 49.6 Å². The van der Waals surface area contributed by atoms with Crippen LogP contribution in [0.3, 0.4) is 0 Å². The lowest BCUT2D eigenvalue weighted by molar-refractivity contribution is -0.130. The van der Waals surface area contributed by atoms with Gasteiger partial charge in [0.25, 0.3) is 0 Å². The van der Waals surface area contributed by atoms with Crippen LogP contribution >= 0.6 is 11.3 Å². The van der Waals surface area contributed by atoms with Gasteiger partial charge >= 0.3 is 0 Å². The molecule has 0 spiro atoms. The maximum atomic E-state index is 12.7. The number of nitrogens with one attached hydrogen (secondary N) is 1. The highest BCUT2D eigenvalue weighted by Gasteiger charge is 2.23. The van der Waals surface area contributed by atoms with Crippen LogP contribution in [0.4, 0.5) is 16.8 Å². The maximum Gasteiger partial charge on any atom is 0.228 e. The van der Waals surface area contributed by atoms with E-state index in [4.69, 9.17) is 0 Å². The lowest BCUT2D eigenvalue weighted by Crippen LogP contribution is -2.49. The minimum atomic E-state index is 0.124. The molecule has 2 aromatic heterocycles. The van der Waals surface area contributed by atoms with Crippen LogP contribution in [0.1, 0.15) is 16.8 Å². The van der Waals surface area contributed by atoms with Gasteiger partial charge in [-0.1, -0.05) is 12.1 Å². The van der Waals surface area contributed by atoms with Crippen molar-refractivity contribution in [3.05, 3.63) is 58.9 Å².